The Morgan fingerprint density at radius 3 is 2.55 bits per heavy atom. The van der Waals surface area contributed by atoms with Crippen molar-refractivity contribution in [3.63, 3.8) is 0 Å². The van der Waals surface area contributed by atoms with Gasteiger partial charge in [0.2, 0.25) is 0 Å². The van der Waals surface area contributed by atoms with E-state index in [4.69, 9.17) is 9.72 Å². The maximum Gasteiger partial charge on any atom is 0.161 e. The summed E-state index contributed by atoms with van der Waals surface area (Å²) in [5.74, 6) is 0.820. The van der Waals surface area contributed by atoms with Crippen molar-refractivity contribution < 1.29 is 4.74 Å². The summed E-state index contributed by atoms with van der Waals surface area (Å²) in [6, 6.07) is 20.3. The maximum absolute atomic E-state index is 5.38. The summed E-state index contributed by atoms with van der Waals surface area (Å²) in [5, 5.41) is 3.51. The van der Waals surface area contributed by atoms with Crippen molar-refractivity contribution in [1.29, 1.82) is 0 Å². The largest absolute Gasteiger partial charge is 0.497 e. The molecule has 1 N–H and O–H groups in total. The molecule has 0 aliphatic heterocycles. The van der Waals surface area contributed by atoms with Gasteiger partial charge in [0, 0.05) is 35.0 Å². The lowest BCUT2D eigenvalue weighted by molar-refractivity contribution is 0.415. The van der Waals surface area contributed by atoms with Crippen molar-refractivity contribution in [1.82, 2.24) is 18.9 Å². The number of aromatic nitrogens is 4. The first-order valence-corrected chi connectivity index (χ1v) is 10.1. The molecule has 0 bridgehead atoms. The van der Waals surface area contributed by atoms with Crippen LogP contribution in [-0.4, -0.2) is 26.0 Å². The molecule has 0 unspecified atom stereocenters. The zero-order chi connectivity index (χ0) is 21.4. The predicted octanol–water partition coefficient (Wildman–Crippen LogP) is 5.56. The number of hydrogen-bond acceptors (Lipinski definition) is 4. The van der Waals surface area contributed by atoms with Crippen molar-refractivity contribution in [2.45, 2.75) is 13.8 Å². The monoisotopic (exact) mass is 409 g/mol. The molecule has 31 heavy (non-hydrogen) atoms. The van der Waals surface area contributed by atoms with E-state index in [0.29, 0.717) is 0 Å². The maximum atomic E-state index is 5.38. The number of anilines is 2. The Morgan fingerprint density at radius 1 is 0.968 bits per heavy atom. The van der Waals surface area contributed by atoms with Crippen LogP contribution in [0.3, 0.4) is 0 Å². The first-order chi connectivity index (χ1) is 15.1. The second-order valence-corrected chi connectivity index (χ2v) is 7.49. The van der Waals surface area contributed by atoms with Crippen LogP contribution in [0, 0.1) is 13.8 Å². The van der Waals surface area contributed by atoms with Crippen LogP contribution in [0.15, 0.2) is 79.4 Å². The summed E-state index contributed by atoms with van der Waals surface area (Å²) in [6.07, 6.45) is 5.87. The number of imidazole rings is 2. The van der Waals surface area contributed by atoms with Crippen LogP contribution in [-0.2, 0) is 0 Å². The fraction of sp³-hybridized carbons (Fsp3) is 0.120. The zero-order valence-corrected chi connectivity index (χ0v) is 17.7. The minimum Gasteiger partial charge on any atom is -0.497 e. The first kappa shape index (κ1) is 18.9. The number of pyridine rings is 1. The standard InChI is InChI=1S/C25H23N5O/c1-17-15-29(16-26-17)21-11-9-20(10-12-21)27-23-8-5-13-30-18(2)24(28-25(23)30)19-6-4-7-22(14-19)31-3/h4-16,27H,1-3H3. The van der Waals surface area contributed by atoms with E-state index in [0.717, 1.165) is 51.1 Å². The smallest absolute Gasteiger partial charge is 0.161 e. The number of rotatable bonds is 5. The second kappa shape index (κ2) is 7.65. The van der Waals surface area contributed by atoms with Crippen LogP contribution in [0.5, 0.6) is 5.75 Å². The van der Waals surface area contributed by atoms with Crippen molar-refractivity contribution in [2.75, 3.05) is 12.4 Å². The minimum absolute atomic E-state index is 0.820. The quantitative estimate of drug-likeness (QED) is 0.413. The van der Waals surface area contributed by atoms with Gasteiger partial charge < -0.3 is 19.0 Å². The molecule has 0 atom stereocenters. The van der Waals surface area contributed by atoms with Gasteiger partial charge in [-0.25, -0.2) is 9.97 Å². The van der Waals surface area contributed by atoms with Crippen molar-refractivity contribution in [2.24, 2.45) is 0 Å². The Labute approximate surface area is 180 Å². The summed E-state index contributed by atoms with van der Waals surface area (Å²) in [4.78, 5) is 9.25. The third-order valence-electron chi connectivity index (χ3n) is 5.39. The molecular formula is C25H23N5O. The highest BCUT2D eigenvalue weighted by atomic mass is 16.5. The van der Waals surface area contributed by atoms with E-state index in [1.54, 1.807) is 7.11 Å². The summed E-state index contributed by atoms with van der Waals surface area (Å²) in [6.45, 7) is 4.07. The van der Waals surface area contributed by atoms with E-state index in [1.807, 2.05) is 60.5 Å². The molecule has 2 aromatic carbocycles. The molecule has 6 heteroatoms. The Balaban J connectivity index is 1.49. The Hall–Kier alpha value is -4.06. The number of fused-ring (bicyclic) bond motifs is 1. The van der Waals surface area contributed by atoms with Gasteiger partial charge in [0.05, 0.1) is 30.5 Å². The number of methoxy groups -OCH3 is 1. The Kier molecular flexibility index (Phi) is 4.67. The van der Waals surface area contributed by atoms with Crippen molar-refractivity contribution in [3.05, 3.63) is 90.8 Å². The van der Waals surface area contributed by atoms with Crippen LogP contribution in [0.4, 0.5) is 11.4 Å². The first-order valence-electron chi connectivity index (χ1n) is 10.1. The molecule has 0 saturated heterocycles. The van der Waals surface area contributed by atoms with E-state index in [-0.39, 0.29) is 0 Å². The van der Waals surface area contributed by atoms with Gasteiger partial charge >= 0.3 is 0 Å². The highest BCUT2D eigenvalue weighted by Gasteiger charge is 2.14. The lowest BCUT2D eigenvalue weighted by atomic mass is 10.1. The van der Waals surface area contributed by atoms with E-state index in [9.17, 15) is 0 Å². The van der Waals surface area contributed by atoms with E-state index < -0.39 is 0 Å². The number of aryl methyl sites for hydroxylation is 2. The molecule has 154 valence electrons. The number of ether oxygens (including phenoxy) is 1. The molecule has 3 heterocycles. The summed E-state index contributed by atoms with van der Waals surface area (Å²) in [5.41, 5.74) is 7.95. The highest BCUT2D eigenvalue weighted by molar-refractivity contribution is 5.78. The topological polar surface area (TPSA) is 56.4 Å². The normalized spacial score (nSPS) is 11.1. The molecule has 3 aromatic heterocycles. The zero-order valence-electron chi connectivity index (χ0n) is 17.7. The molecule has 0 spiro atoms. The van der Waals surface area contributed by atoms with Gasteiger partial charge in [-0.1, -0.05) is 12.1 Å². The van der Waals surface area contributed by atoms with E-state index >= 15 is 0 Å². The molecule has 0 aliphatic carbocycles. The third-order valence-corrected chi connectivity index (χ3v) is 5.39. The summed E-state index contributed by atoms with van der Waals surface area (Å²) in [7, 11) is 1.68. The molecule has 0 radical (unpaired) electrons. The molecule has 0 amide bonds. The number of nitrogens with zero attached hydrogens (tertiary/aromatic N) is 4. The van der Waals surface area contributed by atoms with Gasteiger partial charge in [0.15, 0.2) is 5.65 Å². The third kappa shape index (κ3) is 3.53. The Bertz CT molecular complexity index is 1360. The average molecular weight is 409 g/mol. The predicted molar refractivity (Wildman–Crippen MR) is 124 cm³/mol. The lowest BCUT2D eigenvalue weighted by Crippen LogP contribution is -1.96. The molecule has 6 nitrogen and oxygen atoms in total. The van der Waals surface area contributed by atoms with Crippen LogP contribution >= 0.6 is 0 Å². The van der Waals surface area contributed by atoms with E-state index in [2.05, 4.69) is 52.0 Å². The van der Waals surface area contributed by atoms with Crippen LogP contribution < -0.4 is 10.1 Å². The van der Waals surface area contributed by atoms with Gasteiger partial charge in [-0.3, -0.25) is 0 Å². The van der Waals surface area contributed by atoms with Crippen molar-refractivity contribution >= 4 is 17.0 Å². The molecular weight excluding hydrogens is 386 g/mol. The lowest BCUT2D eigenvalue weighted by Gasteiger charge is -2.09. The number of hydrogen-bond donors (Lipinski definition) is 1. The number of nitrogens with one attached hydrogen (secondary N) is 1. The average Bonchev–Trinajstić information content (AvgIpc) is 3.38. The van der Waals surface area contributed by atoms with Gasteiger partial charge in [-0.2, -0.15) is 0 Å². The SMILES string of the molecule is COc1cccc(-c2nc3c(Nc4ccc(-n5cnc(C)c5)cc4)cccn3c2C)c1. The fourth-order valence-corrected chi connectivity index (χ4v) is 3.76. The summed E-state index contributed by atoms with van der Waals surface area (Å²) >= 11 is 0. The Morgan fingerprint density at radius 2 is 1.81 bits per heavy atom. The van der Waals surface area contributed by atoms with Crippen LogP contribution in [0.1, 0.15) is 11.4 Å². The fourth-order valence-electron chi connectivity index (χ4n) is 3.76. The summed E-state index contributed by atoms with van der Waals surface area (Å²) < 4.78 is 9.51. The van der Waals surface area contributed by atoms with Crippen LogP contribution in [0.25, 0.3) is 22.6 Å². The van der Waals surface area contributed by atoms with Gasteiger partial charge in [-0.05, 0) is 62.4 Å². The minimum atomic E-state index is 0.820. The van der Waals surface area contributed by atoms with E-state index in [1.165, 1.54) is 0 Å². The molecule has 0 fully saturated rings. The highest BCUT2D eigenvalue weighted by Crippen LogP contribution is 2.30. The molecule has 5 aromatic rings. The molecule has 0 aliphatic rings. The van der Waals surface area contributed by atoms with Gasteiger partial charge in [0.25, 0.3) is 0 Å². The number of benzene rings is 2. The van der Waals surface area contributed by atoms with Gasteiger partial charge in [-0.15, -0.1) is 0 Å². The van der Waals surface area contributed by atoms with Crippen molar-refractivity contribution in [3.8, 4) is 22.7 Å². The van der Waals surface area contributed by atoms with Crippen LogP contribution in [0.2, 0.25) is 0 Å². The molecule has 5 rings (SSSR count). The second-order valence-electron chi connectivity index (χ2n) is 7.49. The molecule has 0 saturated carbocycles. The van der Waals surface area contributed by atoms with Gasteiger partial charge in [0.1, 0.15) is 5.75 Å².